The Morgan fingerprint density at radius 1 is 0.964 bits per heavy atom. The molecule has 1 aromatic heterocycles. The van der Waals surface area contributed by atoms with E-state index in [2.05, 4.69) is 52.4 Å². The van der Waals surface area contributed by atoms with Crippen LogP contribution in [0, 0.1) is 6.92 Å². The number of hydrogen-bond donors (Lipinski definition) is 0. The van der Waals surface area contributed by atoms with Crippen LogP contribution >= 0.6 is 11.3 Å². The molecule has 0 amide bonds. The van der Waals surface area contributed by atoms with Crippen LogP contribution in [0.5, 0.6) is 11.5 Å². The molecule has 5 nitrogen and oxygen atoms in total. The molecular formula is C22H23N3O2S. The van der Waals surface area contributed by atoms with Crippen molar-refractivity contribution in [3.8, 4) is 22.8 Å². The van der Waals surface area contributed by atoms with Gasteiger partial charge in [-0.2, -0.15) is 0 Å². The molecule has 0 radical (unpaired) electrons. The third-order valence-corrected chi connectivity index (χ3v) is 6.27. The molecule has 28 heavy (non-hydrogen) atoms. The maximum atomic E-state index is 5.84. The summed E-state index contributed by atoms with van der Waals surface area (Å²) in [5.74, 6) is 1.74. The fourth-order valence-electron chi connectivity index (χ4n) is 3.90. The summed E-state index contributed by atoms with van der Waals surface area (Å²) in [6.07, 6.45) is -0.204. The molecule has 1 unspecified atom stereocenters. The maximum Gasteiger partial charge on any atom is 0.238 e. The van der Waals surface area contributed by atoms with Crippen molar-refractivity contribution in [1.29, 1.82) is 0 Å². The average molecular weight is 394 g/mol. The third-order valence-electron chi connectivity index (χ3n) is 5.37. The predicted molar refractivity (Wildman–Crippen MR) is 114 cm³/mol. The molecule has 1 saturated heterocycles. The molecule has 0 bridgehead atoms. The Morgan fingerprint density at radius 3 is 2.50 bits per heavy atom. The van der Waals surface area contributed by atoms with Gasteiger partial charge in [0, 0.05) is 55.3 Å². The van der Waals surface area contributed by atoms with Crippen molar-refractivity contribution in [3.63, 3.8) is 0 Å². The van der Waals surface area contributed by atoms with E-state index in [-0.39, 0.29) is 6.29 Å². The molecule has 0 spiro atoms. The highest BCUT2D eigenvalue weighted by molar-refractivity contribution is 7.14. The van der Waals surface area contributed by atoms with Crippen LogP contribution in [0.4, 0.5) is 10.8 Å². The summed E-state index contributed by atoms with van der Waals surface area (Å²) in [6.45, 7) is 7.91. The molecule has 144 valence electrons. The molecule has 0 aliphatic carbocycles. The predicted octanol–water partition coefficient (Wildman–Crippen LogP) is 4.56. The number of nitrogens with zero attached hydrogens (tertiary/aromatic N) is 3. The summed E-state index contributed by atoms with van der Waals surface area (Å²) in [6, 6.07) is 14.6. The molecule has 0 saturated carbocycles. The first kappa shape index (κ1) is 17.4. The molecular weight excluding hydrogens is 370 g/mol. The quantitative estimate of drug-likeness (QED) is 0.652. The lowest BCUT2D eigenvalue weighted by Crippen LogP contribution is -2.46. The van der Waals surface area contributed by atoms with Crippen LogP contribution in [0.1, 0.15) is 12.5 Å². The average Bonchev–Trinajstić information content (AvgIpc) is 3.36. The zero-order chi connectivity index (χ0) is 19.1. The summed E-state index contributed by atoms with van der Waals surface area (Å²) in [7, 11) is 0. The fraction of sp³-hybridized carbons (Fsp3) is 0.318. The zero-order valence-corrected chi connectivity index (χ0v) is 16.9. The number of fused-ring (bicyclic) bond motifs is 1. The van der Waals surface area contributed by atoms with Crippen LogP contribution < -0.4 is 19.3 Å². The first-order valence-corrected chi connectivity index (χ1v) is 10.5. The van der Waals surface area contributed by atoms with E-state index < -0.39 is 0 Å². The summed E-state index contributed by atoms with van der Waals surface area (Å²) in [5, 5.41) is 3.26. The van der Waals surface area contributed by atoms with Crippen molar-refractivity contribution in [2.45, 2.75) is 20.1 Å². The van der Waals surface area contributed by atoms with Gasteiger partial charge in [0.15, 0.2) is 16.6 Å². The molecule has 0 N–H and O–H groups in total. The Balaban J connectivity index is 1.29. The Morgan fingerprint density at radius 2 is 1.71 bits per heavy atom. The number of piperazine rings is 1. The monoisotopic (exact) mass is 393 g/mol. The van der Waals surface area contributed by atoms with Crippen LogP contribution in [0.3, 0.4) is 0 Å². The highest BCUT2D eigenvalue weighted by Gasteiger charge is 2.27. The smallest absolute Gasteiger partial charge is 0.238 e. The normalized spacial score (nSPS) is 18.6. The van der Waals surface area contributed by atoms with Crippen LogP contribution in [0.15, 0.2) is 47.8 Å². The SMILES string of the molecule is Cc1c(N2CCN(c3nc(-c4ccccc4)cs3)CC2)ccc2c1OC(C)O2. The van der Waals surface area contributed by atoms with Crippen molar-refractivity contribution in [3.05, 3.63) is 53.4 Å². The van der Waals surface area contributed by atoms with E-state index in [1.807, 2.05) is 19.1 Å². The standard InChI is InChI=1S/C22H23N3O2S/c1-15-19(8-9-20-21(15)27-16(2)26-20)24-10-12-25(13-11-24)22-23-18(14-28-22)17-6-4-3-5-7-17/h3-9,14,16H,10-13H2,1-2H3. The lowest BCUT2D eigenvalue weighted by molar-refractivity contribution is 0.0675. The number of benzene rings is 2. The zero-order valence-electron chi connectivity index (χ0n) is 16.1. The van der Waals surface area contributed by atoms with E-state index in [1.165, 1.54) is 11.3 Å². The molecule has 1 atom stereocenters. The largest absolute Gasteiger partial charge is 0.451 e. The summed E-state index contributed by atoms with van der Waals surface area (Å²) in [5.41, 5.74) is 4.63. The van der Waals surface area contributed by atoms with Gasteiger partial charge in [-0.25, -0.2) is 4.98 Å². The lowest BCUT2D eigenvalue weighted by Gasteiger charge is -2.36. The van der Waals surface area contributed by atoms with E-state index in [4.69, 9.17) is 14.5 Å². The van der Waals surface area contributed by atoms with E-state index >= 15 is 0 Å². The van der Waals surface area contributed by atoms with Gasteiger partial charge in [-0.05, 0) is 19.1 Å². The van der Waals surface area contributed by atoms with Gasteiger partial charge in [0.05, 0.1) is 5.69 Å². The summed E-state index contributed by atoms with van der Waals surface area (Å²) in [4.78, 5) is 9.69. The van der Waals surface area contributed by atoms with Crippen molar-refractivity contribution < 1.29 is 9.47 Å². The lowest BCUT2D eigenvalue weighted by atomic mass is 10.1. The minimum atomic E-state index is -0.204. The van der Waals surface area contributed by atoms with Crippen LogP contribution in [-0.4, -0.2) is 37.5 Å². The Hall–Kier alpha value is -2.73. The number of rotatable bonds is 3. The first-order chi connectivity index (χ1) is 13.7. The van der Waals surface area contributed by atoms with Gasteiger partial charge in [0.25, 0.3) is 0 Å². The highest BCUT2D eigenvalue weighted by Crippen LogP contribution is 2.42. The Bertz CT molecular complexity index is 981. The molecule has 1 fully saturated rings. The topological polar surface area (TPSA) is 37.8 Å². The minimum absolute atomic E-state index is 0.204. The van der Waals surface area contributed by atoms with E-state index in [1.54, 1.807) is 11.3 Å². The molecule has 3 aromatic rings. The summed E-state index contributed by atoms with van der Waals surface area (Å²) < 4.78 is 11.5. The van der Waals surface area contributed by atoms with Crippen molar-refractivity contribution in [1.82, 2.24) is 4.98 Å². The fourth-order valence-corrected chi connectivity index (χ4v) is 4.79. The first-order valence-electron chi connectivity index (χ1n) is 9.67. The molecule has 5 rings (SSSR count). The van der Waals surface area contributed by atoms with Crippen molar-refractivity contribution >= 4 is 22.2 Å². The Kier molecular flexibility index (Phi) is 4.36. The maximum absolute atomic E-state index is 5.84. The van der Waals surface area contributed by atoms with E-state index in [0.29, 0.717) is 0 Å². The summed E-state index contributed by atoms with van der Waals surface area (Å²) >= 11 is 1.73. The number of anilines is 2. The van der Waals surface area contributed by atoms with Crippen LogP contribution in [0.2, 0.25) is 0 Å². The second-order valence-corrected chi connectivity index (χ2v) is 8.03. The molecule has 6 heteroatoms. The number of thiazole rings is 1. The number of ether oxygens (including phenoxy) is 2. The van der Waals surface area contributed by atoms with Crippen LogP contribution in [0.25, 0.3) is 11.3 Å². The third kappa shape index (κ3) is 3.07. The van der Waals surface area contributed by atoms with Crippen molar-refractivity contribution in [2.75, 3.05) is 36.0 Å². The Labute approximate surface area is 169 Å². The van der Waals surface area contributed by atoms with Gasteiger partial charge in [0.1, 0.15) is 0 Å². The van der Waals surface area contributed by atoms with Gasteiger partial charge in [0.2, 0.25) is 6.29 Å². The van der Waals surface area contributed by atoms with Gasteiger partial charge in [-0.15, -0.1) is 11.3 Å². The van der Waals surface area contributed by atoms with Gasteiger partial charge in [-0.1, -0.05) is 30.3 Å². The second-order valence-electron chi connectivity index (χ2n) is 7.20. The second kappa shape index (κ2) is 7.02. The molecule has 2 aliphatic heterocycles. The number of aromatic nitrogens is 1. The van der Waals surface area contributed by atoms with Gasteiger partial charge >= 0.3 is 0 Å². The van der Waals surface area contributed by atoms with E-state index in [0.717, 1.165) is 54.1 Å². The van der Waals surface area contributed by atoms with E-state index in [9.17, 15) is 0 Å². The van der Waals surface area contributed by atoms with Crippen molar-refractivity contribution in [2.24, 2.45) is 0 Å². The number of hydrogen-bond acceptors (Lipinski definition) is 6. The highest BCUT2D eigenvalue weighted by atomic mass is 32.1. The van der Waals surface area contributed by atoms with Crippen LogP contribution in [-0.2, 0) is 0 Å². The van der Waals surface area contributed by atoms with Gasteiger partial charge < -0.3 is 19.3 Å². The minimum Gasteiger partial charge on any atom is -0.451 e. The molecule has 2 aromatic carbocycles. The van der Waals surface area contributed by atoms with Gasteiger partial charge in [-0.3, -0.25) is 0 Å². The molecule has 2 aliphatic rings. The molecule has 3 heterocycles.